The van der Waals surface area contributed by atoms with Crippen LogP contribution in [-0.2, 0) is 7.05 Å². The van der Waals surface area contributed by atoms with Gasteiger partial charge in [0, 0.05) is 12.4 Å². The molecule has 89 valence electrons. The van der Waals surface area contributed by atoms with Gasteiger partial charge in [0.1, 0.15) is 11.6 Å². The number of nitrogens with zero attached hydrogens (tertiary/aromatic N) is 2. The Hall–Kier alpha value is -2.23. The largest absolute Gasteiger partial charge is 0.268 e. The number of rotatable bonds is 1. The number of fused-ring (bicyclic) bond motifs is 1. The van der Waals surface area contributed by atoms with Gasteiger partial charge in [0.15, 0.2) is 0 Å². The average molecular weight is 243 g/mol. The summed E-state index contributed by atoms with van der Waals surface area (Å²) in [7, 11) is 1.83. The second-order valence-electron chi connectivity index (χ2n) is 4.11. The molecule has 0 saturated carbocycles. The van der Waals surface area contributed by atoms with Gasteiger partial charge in [0.2, 0.25) is 0 Å². The van der Waals surface area contributed by atoms with E-state index < -0.39 is 11.6 Å². The zero-order valence-corrected chi connectivity index (χ0v) is 9.61. The topological polar surface area (TPSA) is 17.8 Å². The zero-order valence-electron chi connectivity index (χ0n) is 9.61. The van der Waals surface area contributed by atoms with E-state index in [0.717, 1.165) is 16.5 Å². The summed E-state index contributed by atoms with van der Waals surface area (Å²) >= 11 is 0. The van der Waals surface area contributed by atoms with Crippen LogP contribution in [0, 0.1) is 17.7 Å². The van der Waals surface area contributed by atoms with E-state index in [9.17, 15) is 8.78 Å². The number of halogens is 2. The molecule has 0 aliphatic heterocycles. The highest BCUT2D eigenvalue weighted by atomic mass is 19.1. The molecule has 0 saturated heterocycles. The van der Waals surface area contributed by atoms with Crippen molar-refractivity contribution in [2.45, 2.75) is 0 Å². The molecule has 1 radical (unpaired) electrons. The summed E-state index contributed by atoms with van der Waals surface area (Å²) in [6.45, 7) is 0. The molecule has 2 nitrogen and oxygen atoms in total. The normalized spacial score (nSPS) is 11.1. The summed E-state index contributed by atoms with van der Waals surface area (Å²) in [5, 5.41) is 5.12. The van der Waals surface area contributed by atoms with Crippen molar-refractivity contribution in [2.24, 2.45) is 7.05 Å². The number of hydrogen-bond donors (Lipinski definition) is 0. The predicted molar refractivity (Wildman–Crippen MR) is 64.9 cm³/mol. The third-order valence-electron chi connectivity index (χ3n) is 2.89. The molecule has 1 heterocycles. The van der Waals surface area contributed by atoms with Gasteiger partial charge in [-0.25, -0.2) is 8.78 Å². The Morgan fingerprint density at radius 2 is 1.78 bits per heavy atom. The third-order valence-corrected chi connectivity index (χ3v) is 2.89. The molecule has 0 bridgehead atoms. The van der Waals surface area contributed by atoms with Crippen LogP contribution >= 0.6 is 0 Å². The van der Waals surface area contributed by atoms with Crippen molar-refractivity contribution in [1.82, 2.24) is 9.78 Å². The van der Waals surface area contributed by atoms with Crippen LogP contribution in [-0.4, -0.2) is 9.78 Å². The second kappa shape index (κ2) is 3.91. The Bertz CT molecular complexity index is 711. The monoisotopic (exact) mass is 243 g/mol. The van der Waals surface area contributed by atoms with Crippen molar-refractivity contribution in [3.63, 3.8) is 0 Å². The molecule has 1 aromatic heterocycles. The van der Waals surface area contributed by atoms with E-state index >= 15 is 0 Å². The van der Waals surface area contributed by atoms with E-state index in [1.54, 1.807) is 10.9 Å². The first kappa shape index (κ1) is 10.9. The average Bonchev–Trinajstić information content (AvgIpc) is 2.69. The van der Waals surface area contributed by atoms with Crippen LogP contribution in [0.2, 0.25) is 0 Å². The first-order valence-electron chi connectivity index (χ1n) is 5.44. The lowest BCUT2D eigenvalue weighted by Gasteiger charge is -2.03. The molecule has 0 spiro atoms. The van der Waals surface area contributed by atoms with Gasteiger partial charge in [-0.15, -0.1) is 0 Å². The van der Waals surface area contributed by atoms with Gasteiger partial charge in [0.05, 0.1) is 17.8 Å². The highest BCUT2D eigenvalue weighted by molar-refractivity contribution is 5.84. The van der Waals surface area contributed by atoms with E-state index in [2.05, 4.69) is 5.10 Å². The summed E-state index contributed by atoms with van der Waals surface area (Å²) in [4.78, 5) is 0. The summed E-state index contributed by atoms with van der Waals surface area (Å²) in [5.41, 5.74) is 2.16. The highest BCUT2D eigenvalue weighted by Gasteiger charge is 2.06. The maximum atomic E-state index is 13.1. The Morgan fingerprint density at radius 1 is 1.06 bits per heavy atom. The Labute approximate surface area is 102 Å². The molecule has 0 unspecified atom stereocenters. The SMILES string of the molecule is Cn1ncc2ccc(-c3cc(F)[c]c(F)c3)cc21. The van der Waals surface area contributed by atoms with Gasteiger partial charge < -0.3 is 0 Å². The van der Waals surface area contributed by atoms with Gasteiger partial charge in [-0.1, -0.05) is 12.1 Å². The smallest absolute Gasteiger partial charge is 0.134 e. The van der Waals surface area contributed by atoms with Crippen molar-refractivity contribution in [2.75, 3.05) is 0 Å². The lowest BCUT2D eigenvalue weighted by molar-refractivity contribution is 0.580. The molecular formula is C14H9F2N2. The molecule has 18 heavy (non-hydrogen) atoms. The van der Waals surface area contributed by atoms with Crippen LogP contribution in [0.3, 0.4) is 0 Å². The molecule has 2 aromatic carbocycles. The Morgan fingerprint density at radius 3 is 2.50 bits per heavy atom. The minimum atomic E-state index is -0.699. The van der Waals surface area contributed by atoms with Crippen LogP contribution in [0.1, 0.15) is 0 Å². The number of benzene rings is 2. The summed E-state index contributed by atoms with van der Waals surface area (Å²) < 4.78 is 28.0. The number of aromatic nitrogens is 2. The molecule has 3 aromatic rings. The van der Waals surface area contributed by atoms with E-state index in [-0.39, 0.29) is 0 Å². The molecule has 0 aliphatic carbocycles. The molecule has 0 aliphatic rings. The van der Waals surface area contributed by atoms with Crippen LogP contribution in [0.25, 0.3) is 22.0 Å². The third kappa shape index (κ3) is 1.76. The van der Waals surface area contributed by atoms with E-state index in [1.165, 1.54) is 12.1 Å². The fraction of sp³-hybridized carbons (Fsp3) is 0.0714. The molecule has 4 heteroatoms. The van der Waals surface area contributed by atoms with Crippen LogP contribution in [0.4, 0.5) is 8.78 Å². The number of hydrogen-bond acceptors (Lipinski definition) is 1. The standard InChI is InChI=1S/C14H9F2N2/c1-18-14-6-9(2-3-10(14)8-17-18)11-4-12(15)7-13(16)5-11/h2-6,8H,1H3. The molecule has 0 amide bonds. The molecule has 3 rings (SSSR count). The highest BCUT2D eigenvalue weighted by Crippen LogP contribution is 2.25. The van der Waals surface area contributed by atoms with Crippen molar-refractivity contribution in [1.29, 1.82) is 0 Å². The lowest BCUT2D eigenvalue weighted by Crippen LogP contribution is -1.89. The van der Waals surface area contributed by atoms with Gasteiger partial charge in [-0.3, -0.25) is 4.68 Å². The van der Waals surface area contributed by atoms with Gasteiger partial charge in [-0.2, -0.15) is 5.10 Å². The maximum Gasteiger partial charge on any atom is 0.134 e. The zero-order chi connectivity index (χ0) is 12.7. The van der Waals surface area contributed by atoms with Crippen LogP contribution in [0.15, 0.2) is 36.5 Å². The Balaban J connectivity index is 2.21. The molecule has 0 N–H and O–H groups in total. The lowest BCUT2D eigenvalue weighted by atomic mass is 10.0. The van der Waals surface area contributed by atoms with E-state index in [4.69, 9.17) is 0 Å². The van der Waals surface area contributed by atoms with Crippen LogP contribution < -0.4 is 0 Å². The number of aryl methyl sites for hydroxylation is 1. The van der Waals surface area contributed by atoms with Crippen molar-refractivity contribution in [3.8, 4) is 11.1 Å². The minimum absolute atomic E-state index is 0.492. The van der Waals surface area contributed by atoms with Gasteiger partial charge in [0.25, 0.3) is 0 Å². The fourth-order valence-electron chi connectivity index (χ4n) is 1.99. The Kier molecular flexibility index (Phi) is 2.37. The summed E-state index contributed by atoms with van der Waals surface area (Å²) in [6.07, 6.45) is 1.75. The quantitative estimate of drug-likeness (QED) is 0.641. The van der Waals surface area contributed by atoms with Crippen LogP contribution in [0.5, 0.6) is 0 Å². The molecule has 0 atom stereocenters. The predicted octanol–water partition coefficient (Wildman–Crippen LogP) is 3.32. The van der Waals surface area contributed by atoms with Crippen molar-refractivity contribution >= 4 is 10.9 Å². The summed E-state index contributed by atoms with van der Waals surface area (Å²) in [5.74, 6) is -1.40. The maximum absolute atomic E-state index is 13.1. The first-order valence-corrected chi connectivity index (χ1v) is 5.44. The first-order chi connectivity index (χ1) is 8.63. The molecule has 0 fully saturated rings. The fourth-order valence-corrected chi connectivity index (χ4v) is 1.99. The van der Waals surface area contributed by atoms with E-state index in [1.807, 2.05) is 31.3 Å². The van der Waals surface area contributed by atoms with Crippen molar-refractivity contribution in [3.05, 3.63) is 54.2 Å². The minimum Gasteiger partial charge on any atom is -0.268 e. The molecular weight excluding hydrogens is 234 g/mol. The summed E-state index contributed by atoms with van der Waals surface area (Å²) in [6, 6.07) is 10.1. The second-order valence-corrected chi connectivity index (χ2v) is 4.11. The van der Waals surface area contributed by atoms with Crippen molar-refractivity contribution < 1.29 is 8.78 Å². The van der Waals surface area contributed by atoms with Gasteiger partial charge >= 0.3 is 0 Å². The van der Waals surface area contributed by atoms with E-state index in [0.29, 0.717) is 5.56 Å². The van der Waals surface area contributed by atoms with Gasteiger partial charge in [-0.05, 0) is 29.3 Å².